The van der Waals surface area contributed by atoms with Crippen LogP contribution in [0.4, 0.5) is 0 Å². The van der Waals surface area contributed by atoms with Gasteiger partial charge in [0.25, 0.3) is 11.8 Å². The van der Waals surface area contributed by atoms with Crippen molar-refractivity contribution in [3.05, 3.63) is 75.9 Å². The van der Waals surface area contributed by atoms with Crippen molar-refractivity contribution in [1.29, 1.82) is 0 Å². The Balaban J connectivity index is 1.44. The molecule has 0 radical (unpaired) electrons. The fourth-order valence-corrected chi connectivity index (χ4v) is 4.70. The van der Waals surface area contributed by atoms with Gasteiger partial charge in [-0.1, -0.05) is 42.7 Å². The van der Waals surface area contributed by atoms with Crippen molar-refractivity contribution < 1.29 is 18.9 Å². The van der Waals surface area contributed by atoms with Gasteiger partial charge in [-0.05, 0) is 42.3 Å². The van der Waals surface area contributed by atoms with Gasteiger partial charge in [0.2, 0.25) is 5.91 Å². The summed E-state index contributed by atoms with van der Waals surface area (Å²) in [7, 11) is 0. The number of carbonyl (C=O) groups is 3. The second-order valence-corrected chi connectivity index (χ2v) is 9.10. The molecule has 1 unspecified atom stereocenters. The van der Waals surface area contributed by atoms with Crippen LogP contribution in [0.25, 0.3) is 11.3 Å². The lowest BCUT2D eigenvalue weighted by Gasteiger charge is -2.35. The van der Waals surface area contributed by atoms with E-state index in [0.717, 1.165) is 21.7 Å². The molecule has 2 aliphatic heterocycles. The first-order valence-electron chi connectivity index (χ1n) is 10.9. The van der Waals surface area contributed by atoms with Crippen molar-refractivity contribution >= 4 is 29.3 Å². The van der Waals surface area contributed by atoms with E-state index >= 15 is 0 Å². The number of hydrogen-bond acceptors (Lipinski definition) is 5. The fraction of sp³-hybridized carbons (Fsp3) is 0.280. The molecular weight excluding hydrogens is 442 g/mol. The Labute approximate surface area is 195 Å². The summed E-state index contributed by atoms with van der Waals surface area (Å²) in [4.78, 5) is 42.6. The predicted octanol–water partition coefficient (Wildman–Crippen LogP) is 4.20. The molecule has 1 aromatic heterocycles. The Bertz CT molecular complexity index is 1230. The molecule has 0 spiro atoms. The lowest BCUT2D eigenvalue weighted by molar-refractivity contribution is -0.137. The molecule has 0 N–H and O–H groups in total. The van der Waals surface area contributed by atoms with Crippen LogP contribution in [0.2, 0.25) is 5.02 Å². The summed E-state index contributed by atoms with van der Waals surface area (Å²) in [6.07, 6.45) is 0.533. The standard InChI is InChI=1S/C25H22ClN3O4/c1-14(2)21(29-23(30)17-5-3-4-6-18(17)24(29)31)25(32)28-12-11-20-19(13-28)22(33-27-20)15-7-9-16(26)10-8-15/h3-10,14,21H,11-13H2,1-2H3. The summed E-state index contributed by atoms with van der Waals surface area (Å²) in [5, 5.41) is 4.81. The predicted molar refractivity (Wildman–Crippen MR) is 122 cm³/mol. The fourth-order valence-electron chi connectivity index (χ4n) is 4.57. The third-order valence-electron chi connectivity index (χ3n) is 6.24. The van der Waals surface area contributed by atoms with Crippen LogP contribution < -0.4 is 0 Å². The number of carbonyl (C=O) groups excluding carboxylic acids is 3. The number of amides is 3. The minimum absolute atomic E-state index is 0.251. The zero-order chi connectivity index (χ0) is 23.3. The van der Waals surface area contributed by atoms with Crippen LogP contribution in [0.3, 0.4) is 0 Å². The summed E-state index contributed by atoms with van der Waals surface area (Å²) in [6.45, 7) is 4.42. The first kappa shape index (κ1) is 21.4. The van der Waals surface area contributed by atoms with Crippen molar-refractivity contribution in [2.45, 2.75) is 32.9 Å². The number of imide groups is 1. The van der Waals surface area contributed by atoms with Crippen LogP contribution in [0, 0.1) is 5.92 Å². The molecule has 2 aromatic carbocycles. The van der Waals surface area contributed by atoms with E-state index in [-0.39, 0.29) is 11.8 Å². The van der Waals surface area contributed by atoms with Gasteiger partial charge in [-0.3, -0.25) is 19.3 Å². The molecule has 0 saturated carbocycles. The van der Waals surface area contributed by atoms with E-state index in [2.05, 4.69) is 5.16 Å². The number of nitrogens with zero attached hydrogens (tertiary/aromatic N) is 3. The van der Waals surface area contributed by atoms with Gasteiger partial charge < -0.3 is 9.42 Å². The molecule has 2 aliphatic rings. The highest BCUT2D eigenvalue weighted by atomic mass is 35.5. The van der Waals surface area contributed by atoms with E-state index in [0.29, 0.717) is 41.4 Å². The van der Waals surface area contributed by atoms with Crippen LogP contribution in [0.1, 0.15) is 45.8 Å². The average Bonchev–Trinajstić information content (AvgIpc) is 3.34. The molecule has 0 aliphatic carbocycles. The number of aromatic nitrogens is 1. The monoisotopic (exact) mass is 463 g/mol. The third-order valence-corrected chi connectivity index (χ3v) is 6.50. The lowest BCUT2D eigenvalue weighted by atomic mass is 9.97. The molecule has 0 saturated heterocycles. The molecule has 0 bridgehead atoms. The van der Waals surface area contributed by atoms with E-state index in [1.54, 1.807) is 41.3 Å². The summed E-state index contributed by atoms with van der Waals surface area (Å²) in [5.74, 6) is -0.756. The number of hydrogen-bond donors (Lipinski definition) is 0. The van der Waals surface area contributed by atoms with Crippen molar-refractivity contribution in [3.63, 3.8) is 0 Å². The molecule has 33 heavy (non-hydrogen) atoms. The first-order valence-corrected chi connectivity index (χ1v) is 11.2. The minimum atomic E-state index is -0.891. The normalized spacial score (nSPS) is 16.2. The van der Waals surface area contributed by atoms with Gasteiger partial charge >= 0.3 is 0 Å². The van der Waals surface area contributed by atoms with E-state index in [9.17, 15) is 14.4 Å². The quantitative estimate of drug-likeness (QED) is 0.541. The molecule has 3 heterocycles. The molecule has 7 nitrogen and oxygen atoms in total. The summed E-state index contributed by atoms with van der Waals surface area (Å²) in [5.41, 5.74) is 3.15. The van der Waals surface area contributed by atoms with Crippen LogP contribution in [-0.2, 0) is 17.8 Å². The van der Waals surface area contributed by atoms with Gasteiger partial charge in [0, 0.05) is 29.1 Å². The molecular formula is C25H22ClN3O4. The van der Waals surface area contributed by atoms with Crippen molar-refractivity contribution in [2.24, 2.45) is 5.92 Å². The maximum Gasteiger partial charge on any atom is 0.262 e. The largest absolute Gasteiger partial charge is 0.356 e. The van der Waals surface area contributed by atoms with E-state index in [1.807, 2.05) is 26.0 Å². The van der Waals surface area contributed by atoms with Crippen molar-refractivity contribution in [1.82, 2.24) is 15.0 Å². The van der Waals surface area contributed by atoms with Gasteiger partial charge in [-0.2, -0.15) is 0 Å². The van der Waals surface area contributed by atoms with E-state index in [4.69, 9.17) is 16.1 Å². The van der Waals surface area contributed by atoms with E-state index in [1.165, 1.54) is 0 Å². The molecule has 0 fully saturated rings. The van der Waals surface area contributed by atoms with Crippen LogP contribution in [0.15, 0.2) is 53.1 Å². The van der Waals surface area contributed by atoms with Crippen molar-refractivity contribution in [3.8, 4) is 11.3 Å². The van der Waals surface area contributed by atoms with Gasteiger partial charge in [-0.25, -0.2) is 0 Å². The lowest BCUT2D eigenvalue weighted by Crippen LogP contribution is -2.54. The Morgan fingerprint density at radius 2 is 1.67 bits per heavy atom. The highest BCUT2D eigenvalue weighted by Crippen LogP contribution is 2.33. The van der Waals surface area contributed by atoms with Crippen LogP contribution in [0.5, 0.6) is 0 Å². The molecule has 8 heteroatoms. The van der Waals surface area contributed by atoms with Crippen LogP contribution in [-0.4, -0.2) is 45.3 Å². The Morgan fingerprint density at radius 3 is 2.27 bits per heavy atom. The van der Waals surface area contributed by atoms with Gasteiger partial charge in [0.1, 0.15) is 6.04 Å². The zero-order valence-electron chi connectivity index (χ0n) is 18.2. The molecule has 3 aromatic rings. The van der Waals surface area contributed by atoms with Gasteiger partial charge in [-0.15, -0.1) is 0 Å². The Kier molecular flexibility index (Phi) is 5.29. The van der Waals surface area contributed by atoms with Crippen molar-refractivity contribution in [2.75, 3.05) is 6.54 Å². The molecule has 1 atom stereocenters. The zero-order valence-corrected chi connectivity index (χ0v) is 19.0. The molecule has 168 valence electrons. The first-order chi connectivity index (χ1) is 15.9. The second-order valence-electron chi connectivity index (χ2n) is 8.67. The number of rotatable bonds is 4. The minimum Gasteiger partial charge on any atom is -0.356 e. The van der Waals surface area contributed by atoms with Gasteiger partial charge in [0.05, 0.1) is 23.4 Å². The highest BCUT2D eigenvalue weighted by molar-refractivity contribution is 6.30. The summed E-state index contributed by atoms with van der Waals surface area (Å²) in [6, 6.07) is 13.0. The summed E-state index contributed by atoms with van der Waals surface area (Å²) >= 11 is 6.01. The third kappa shape index (κ3) is 3.53. The smallest absolute Gasteiger partial charge is 0.262 e. The number of benzene rings is 2. The summed E-state index contributed by atoms with van der Waals surface area (Å²) < 4.78 is 5.61. The maximum atomic E-state index is 13.7. The highest BCUT2D eigenvalue weighted by Gasteiger charge is 2.45. The van der Waals surface area contributed by atoms with Crippen LogP contribution >= 0.6 is 11.6 Å². The average molecular weight is 464 g/mol. The SMILES string of the molecule is CC(C)C(C(=O)N1CCc2noc(-c3ccc(Cl)cc3)c2C1)N1C(=O)c2ccccc2C1=O. The maximum absolute atomic E-state index is 13.7. The topological polar surface area (TPSA) is 83.7 Å². The number of halogens is 1. The second kappa shape index (κ2) is 8.15. The molecule has 5 rings (SSSR count). The molecule has 3 amide bonds. The Hall–Kier alpha value is -3.45. The van der Waals surface area contributed by atoms with E-state index < -0.39 is 17.9 Å². The Morgan fingerprint density at radius 1 is 1.03 bits per heavy atom. The van der Waals surface area contributed by atoms with Gasteiger partial charge in [0.15, 0.2) is 5.76 Å². The number of fused-ring (bicyclic) bond motifs is 2.